The maximum absolute atomic E-state index is 12.0. The number of para-hydroxylation sites is 2. The number of carbonyl (C=O) groups is 1. The third-order valence-corrected chi connectivity index (χ3v) is 3.66. The SMILES string of the molecule is CC(C)c1ccc(CCC(=O)Nc2ccccc2[N+](=O)[O-])cc1. The molecule has 0 heterocycles. The normalized spacial score (nSPS) is 10.6. The minimum atomic E-state index is -0.500. The van der Waals surface area contributed by atoms with Crippen molar-refractivity contribution in [3.63, 3.8) is 0 Å². The lowest BCUT2D eigenvalue weighted by atomic mass is 10.0. The quantitative estimate of drug-likeness (QED) is 0.639. The number of benzene rings is 2. The standard InChI is InChI=1S/C18H20N2O3/c1-13(2)15-10-7-14(8-11-15)9-12-18(21)19-16-5-3-4-6-17(16)20(22)23/h3-8,10-11,13H,9,12H2,1-2H3,(H,19,21). The second kappa shape index (κ2) is 7.54. The monoisotopic (exact) mass is 312 g/mol. The van der Waals surface area contributed by atoms with Crippen molar-refractivity contribution in [2.75, 3.05) is 5.32 Å². The first-order chi connectivity index (χ1) is 11.0. The molecule has 23 heavy (non-hydrogen) atoms. The summed E-state index contributed by atoms with van der Waals surface area (Å²) in [6.45, 7) is 4.27. The molecule has 0 saturated carbocycles. The van der Waals surface area contributed by atoms with E-state index in [1.807, 2.05) is 12.1 Å². The summed E-state index contributed by atoms with van der Waals surface area (Å²) in [5.41, 5.74) is 2.48. The number of hydrogen-bond acceptors (Lipinski definition) is 3. The van der Waals surface area contributed by atoms with E-state index in [2.05, 4.69) is 31.3 Å². The Morgan fingerprint density at radius 1 is 1.13 bits per heavy atom. The molecule has 1 amide bonds. The van der Waals surface area contributed by atoms with Gasteiger partial charge in [-0.1, -0.05) is 50.2 Å². The van der Waals surface area contributed by atoms with Crippen molar-refractivity contribution < 1.29 is 9.72 Å². The van der Waals surface area contributed by atoms with Crippen LogP contribution in [0.5, 0.6) is 0 Å². The topological polar surface area (TPSA) is 72.2 Å². The fraction of sp³-hybridized carbons (Fsp3) is 0.278. The van der Waals surface area contributed by atoms with E-state index < -0.39 is 4.92 Å². The minimum Gasteiger partial charge on any atom is -0.320 e. The van der Waals surface area contributed by atoms with Crippen molar-refractivity contribution in [3.05, 3.63) is 69.8 Å². The molecule has 0 radical (unpaired) electrons. The highest BCUT2D eigenvalue weighted by Crippen LogP contribution is 2.23. The lowest BCUT2D eigenvalue weighted by Crippen LogP contribution is -2.13. The van der Waals surface area contributed by atoms with Gasteiger partial charge in [-0.15, -0.1) is 0 Å². The minimum absolute atomic E-state index is 0.0952. The number of nitro benzene ring substituents is 1. The van der Waals surface area contributed by atoms with Crippen molar-refractivity contribution in [3.8, 4) is 0 Å². The van der Waals surface area contributed by atoms with Gasteiger partial charge in [-0.2, -0.15) is 0 Å². The van der Waals surface area contributed by atoms with Crippen molar-refractivity contribution in [2.45, 2.75) is 32.6 Å². The van der Waals surface area contributed by atoms with Crippen LogP contribution in [0.25, 0.3) is 0 Å². The van der Waals surface area contributed by atoms with Gasteiger partial charge in [0.05, 0.1) is 4.92 Å². The summed E-state index contributed by atoms with van der Waals surface area (Å²) in [6.07, 6.45) is 0.887. The van der Waals surface area contributed by atoms with Gasteiger partial charge in [0.25, 0.3) is 5.69 Å². The van der Waals surface area contributed by atoms with Crippen LogP contribution in [0.3, 0.4) is 0 Å². The highest BCUT2D eigenvalue weighted by Gasteiger charge is 2.14. The Kier molecular flexibility index (Phi) is 5.46. The Morgan fingerprint density at radius 2 is 1.78 bits per heavy atom. The largest absolute Gasteiger partial charge is 0.320 e. The lowest BCUT2D eigenvalue weighted by Gasteiger charge is -2.08. The molecule has 0 aliphatic rings. The van der Waals surface area contributed by atoms with Crippen LogP contribution in [0.15, 0.2) is 48.5 Å². The van der Waals surface area contributed by atoms with Crippen molar-refractivity contribution in [2.24, 2.45) is 0 Å². The molecule has 120 valence electrons. The molecule has 2 aromatic carbocycles. The molecule has 0 aromatic heterocycles. The molecule has 1 N–H and O–H groups in total. The summed E-state index contributed by atoms with van der Waals surface area (Å²) < 4.78 is 0. The predicted octanol–water partition coefficient (Wildman–Crippen LogP) is 4.29. The highest BCUT2D eigenvalue weighted by molar-refractivity contribution is 5.93. The molecule has 0 bridgehead atoms. The fourth-order valence-electron chi connectivity index (χ4n) is 2.28. The second-order valence-corrected chi connectivity index (χ2v) is 5.72. The predicted molar refractivity (Wildman–Crippen MR) is 90.6 cm³/mol. The lowest BCUT2D eigenvalue weighted by molar-refractivity contribution is -0.383. The molecule has 5 heteroatoms. The van der Waals surface area contributed by atoms with Gasteiger partial charge in [-0.05, 0) is 29.5 Å². The Balaban J connectivity index is 1.94. The number of amides is 1. The van der Waals surface area contributed by atoms with E-state index in [0.29, 0.717) is 12.3 Å². The van der Waals surface area contributed by atoms with E-state index in [9.17, 15) is 14.9 Å². The number of rotatable bonds is 6. The summed E-state index contributed by atoms with van der Waals surface area (Å²) in [4.78, 5) is 22.4. The first kappa shape index (κ1) is 16.7. The molecule has 0 spiro atoms. The Labute approximate surface area is 135 Å². The maximum Gasteiger partial charge on any atom is 0.292 e. The molecule has 2 aromatic rings. The average Bonchev–Trinajstić information content (AvgIpc) is 2.53. The zero-order valence-electron chi connectivity index (χ0n) is 13.3. The molecule has 0 aliphatic carbocycles. The van der Waals surface area contributed by atoms with E-state index >= 15 is 0 Å². The van der Waals surface area contributed by atoms with Crippen LogP contribution in [0.2, 0.25) is 0 Å². The zero-order valence-corrected chi connectivity index (χ0v) is 13.3. The third-order valence-electron chi connectivity index (χ3n) is 3.66. The summed E-state index contributed by atoms with van der Waals surface area (Å²) in [5.74, 6) is 0.248. The maximum atomic E-state index is 12.0. The van der Waals surface area contributed by atoms with Crippen LogP contribution >= 0.6 is 0 Å². The van der Waals surface area contributed by atoms with E-state index in [1.165, 1.54) is 17.7 Å². The van der Waals surface area contributed by atoms with Crippen molar-refractivity contribution in [1.29, 1.82) is 0 Å². The number of nitrogens with one attached hydrogen (secondary N) is 1. The number of nitrogens with zero attached hydrogens (tertiary/aromatic N) is 1. The third kappa shape index (κ3) is 4.64. The number of hydrogen-bond donors (Lipinski definition) is 1. The average molecular weight is 312 g/mol. The van der Waals surface area contributed by atoms with Crippen LogP contribution < -0.4 is 5.32 Å². The van der Waals surface area contributed by atoms with Crippen LogP contribution in [0.1, 0.15) is 37.3 Å². The smallest absolute Gasteiger partial charge is 0.292 e. The first-order valence-electron chi connectivity index (χ1n) is 7.59. The van der Waals surface area contributed by atoms with Gasteiger partial charge in [0, 0.05) is 12.5 Å². The van der Waals surface area contributed by atoms with Crippen LogP contribution in [0.4, 0.5) is 11.4 Å². The van der Waals surface area contributed by atoms with E-state index in [1.54, 1.807) is 12.1 Å². The summed E-state index contributed by atoms with van der Waals surface area (Å²) in [7, 11) is 0. The molecular formula is C18H20N2O3. The molecule has 0 unspecified atom stereocenters. The number of carbonyl (C=O) groups excluding carboxylic acids is 1. The molecule has 2 rings (SSSR count). The Hall–Kier alpha value is -2.69. The summed E-state index contributed by atoms with van der Waals surface area (Å²) >= 11 is 0. The molecular weight excluding hydrogens is 292 g/mol. The van der Waals surface area contributed by atoms with Gasteiger partial charge in [-0.25, -0.2) is 0 Å². The van der Waals surface area contributed by atoms with Gasteiger partial charge < -0.3 is 5.32 Å². The Bertz CT molecular complexity index is 694. The molecule has 5 nitrogen and oxygen atoms in total. The molecule has 0 aliphatic heterocycles. The van der Waals surface area contributed by atoms with Crippen LogP contribution in [-0.4, -0.2) is 10.8 Å². The van der Waals surface area contributed by atoms with Crippen molar-refractivity contribution in [1.82, 2.24) is 0 Å². The van der Waals surface area contributed by atoms with Gasteiger partial charge >= 0.3 is 0 Å². The summed E-state index contributed by atoms with van der Waals surface area (Å²) in [6, 6.07) is 14.3. The highest BCUT2D eigenvalue weighted by atomic mass is 16.6. The van der Waals surface area contributed by atoms with Crippen molar-refractivity contribution >= 4 is 17.3 Å². The van der Waals surface area contributed by atoms with E-state index in [-0.39, 0.29) is 23.7 Å². The first-order valence-corrected chi connectivity index (χ1v) is 7.59. The Morgan fingerprint density at radius 3 is 2.39 bits per heavy atom. The molecule has 0 saturated heterocycles. The summed E-state index contributed by atoms with van der Waals surface area (Å²) in [5, 5.41) is 13.5. The van der Waals surface area contributed by atoms with Gasteiger partial charge in [0.1, 0.15) is 5.69 Å². The van der Waals surface area contributed by atoms with Crippen LogP contribution in [0, 0.1) is 10.1 Å². The van der Waals surface area contributed by atoms with Gasteiger partial charge in [0.2, 0.25) is 5.91 Å². The number of nitro groups is 1. The van der Waals surface area contributed by atoms with Crippen LogP contribution in [-0.2, 0) is 11.2 Å². The van der Waals surface area contributed by atoms with E-state index in [4.69, 9.17) is 0 Å². The second-order valence-electron chi connectivity index (χ2n) is 5.72. The number of aryl methyl sites for hydroxylation is 1. The number of anilines is 1. The molecule has 0 atom stereocenters. The fourth-order valence-corrected chi connectivity index (χ4v) is 2.28. The van der Waals surface area contributed by atoms with Gasteiger partial charge in [0.15, 0.2) is 0 Å². The molecule has 0 fully saturated rings. The van der Waals surface area contributed by atoms with Gasteiger partial charge in [-0.3, -0.25) is 14.9 Å². The van der Waals surface area contributed by atoms with E-state index in [0.717, 1.165) is 5.56 Å². The zero-order chi connectivity index (χ0) is 16.8.